The average molecular weight is 316 g/mol. The molecule has 0 fully saturated rings. The molecule has 0 unspecified atom stereocenters. The Morgan fingerprint density at radius 1 is 1.38 bits per heavy atom. The van der Waals surface area contributed by atoms with Crippen molar-refractivity contribution in [3.63, 3.8) is 0 Å². The van der Waals surface area contributed by atoms with Crippen molar-refractivity contribution in [3.8, 4) is 0 Å². The summed E-state index contributed by atoms with van der Waals surface area (Å²) >= 11 is 2.68. The van der Waals surface area contributed by atoms with Crippen LogP contribution in [0.3, 0.4) is 0 Å². The molecular formula is C14H12N4OS2. The Bertz CT molecular complexity index is 694. The van der Waals surface area contributed by atoms with E-state index in [4.69, 9.17) is 5.41 Å². The van der Waals surface area contributed by atoms with Crippen LogP contribution in [-0.4, -0.2) is 32.7 Å². The highest BCUT2D eigenvalue weighted by atomic mass is 32.2. The number of benzene rings is 1. The lowest BCUT2D eigenvalue weighted by Crippen LogP contribution is -2.41. The van der Waals surface area contributed by atoms with Crippen LogP contribution in [0.15, 0.2) is 45.3 Å². The van der Waals surface area contributed by atoms with Crippen LogP contribution in [0.25, 0.3) is 6.08 Å². The first-order valence-electron chi connectivity index (χ1n) is 6.37. The van der Waals surface area contributed by atoms with Crippen molar-refractivity contribution >= 4 is 51.9 Å². The van der Waals surface area contributed by atoms with Gasteiger partial charge in [-0.15, -0.1) is 0 Å². The lowest BCUT2D eigenvalue weighted by atomic mass is 10.1. The molecule has 2 heterocycles. The lowest BCUT2D eigenvalue weighted by molar-refractivity contribution is -0.114. The number of carbonyl (C=O) groups is 1. The second kappa shape index (κ2) is 5.87. The zero-order chi connectivity index (χ0) is 14.8. The molecule has 5 nitrogen and oxygen atoms in total. The number of hydrogen-bond donors (Lipinski definition) is 1. The van der Waals surface area contributed by atoms with E-state index < -0.39 is 0 Å². The summed E-state index contributed by atoms with van der Waals surface area (Å²) in [5.41, 5.74) is 1.16. The Balaban J connectivity index is 1.98. The number of nitrogens with zero attached hydrogens (tertiary/aromatic N) is 3. The van der Waals surface area contributed by atoms with Crippen molar-refractivity contribution in [1.29, 1.82) is 5.41 Å². The van der Waals surface area contributed by atoms with E-state index in [-0.39, 0.29) is 17.3 Å². The molecule has 106 valence electrons. The molecule has 1 aromatic carbocycles. The second-order valence-electron chi connectivity index (χ2n) is 4.25. The molecule has 0 aliphatic carbocycles. The fourth-order valence-corrected chi connectivity index (χ4v) is 3.51. The van der Waals surface area contributed by atoms with Crippen LogP contribution in [0.1, 0.15) is 12.5 Å². The minimum atomic E-state index is -0.388. The Hall–Kier alpha value is -1.86. The molecule has 2 aliphatic rings. The van der Waals surface area contributed by atoms with E-state index in [2.05, 4.69) is 9.39 Å². The molecule has 1 amide bonds. The molecule has 0 saturated carbocycles. The molecule has 0 saturated heterocycles. The molecular weight excluding hydrogens is 304 g/mol. The number of amides is 1. The van der Waals surface area contributed by atoms with Crippen LogP contribution in [0.4, 0.5) is 0 Å². The summed E-state index contributed by atoms with van der Waals surface area (Å²) in [6.07, 6.45) is 1.70. The van der Waals surface area contributed by atoms with E-state index in [0.717, 1.165) is 23.3 Å². The van der Waals surface area contributed by atoms with Gasteiger partial charge in [0.15, 0.2) is 5.17 Å². The predicted molar refractivity (Wildman–Crippen MR) is 89.6 cm³/mol. The summed E-state index contributed by atoms with van der Waals surface area (Å²) in [5.74, 6) is 0.599. The Labute approximate surface area is 130 Å². The van der Waals surface area contributed by atoms with Gasteiger partial charge in [-0.05, 0) is 17.4 Å². The minimum Gasteiger partial charge on any atom is -0.283 e. The van der Waals surface area contributed by atoms with E-state index in [1.54, 1.807) is 11.0 Å². The van der Waals surface area contributed by atoms with Gasteiger partial charge in [-0.1, -0.05) is 49.0 Å². The largest absolute Gasteiger partial charge is 0.283 e. The number of thioether (sulfide) groups is 1. The molecule has 0 aromatic heterocycles. The Morgan fingerprint density at radius 3 is 2.86 bits per heavy atom. The third kappa shape index (κ3) is 2.66. The highest BCUT2D eigenvalue weighted by molar-refractivity contribution is 8.19. The molecule has 0 bridgehead atoms. The molecule has 0 atom stereocenters. The SMILES string of the molecule is CCSC1=NSC2=NC(=O)/C(=C\c3ccccc3)C(=N)N12. The Kier molecular flexibility index (Phi) is 3.94. The number of amidine groups is 3. The summed E-state index contributed by atoms with van der Waals surface area (Å²) in [7, 11) is 0. The number of fused-ring (bicyclic) bond motifs is 1. The summed E-state index contributed by atoms with van der Waals surface area (Å²) < 4.78 is 4.27. The van der Waals surface area contributed by atoms with Crippen molar-refractivity contribution in [2.75, 3.05) is 5.75 Å². The first-order valence-corrected chi connectivity index (χ1v) is 8.13. The third-order valence-corrected chi connectivity index (χ3v) is 4.52. The van der Waals surface area contributed by atoms with E-state index >= 15 is 0 Å². The first kappa shape index (κ1) is 14.1. The van der Waals surface area contributed by atoms with Crippen LogP contribution < -0.4 is 0 Å². The number of aliphatic imine (C=N–C) groups is 1. The number of nitrogens with one attached hydrogen (secondary N) is 1. The molecule has 1 N–H and O–H groups in total. The number of hydrogen-bond acceptors (Lipinski definition) is 5. The van der Waals surface area contributed by atoms with Crippen LogP contribution >= 0.6 is 23.7 Å². The molecule has 0 radical (unpaired) electrons. The van der Waals surface area contributed by atoms with Crippen molar-refractivity contribution in [1.82, 2.24) is 4.90 Å². The maximum Gasteiger partial charge on any atom is 0.283 e. The zero-order valence-corrected chi connectivity index (χ0v) is 12.9. The highest BCUT2D eigenvalue weighted by Crippen LogP contribution is 2.31. The third-order valence-electron chi connectivity index (χ3n) is 2.88. The van der Waals surface area contributed by atoms with Gasteiger partial charge in [0, 0.05) is 0 Å². The lowest BCUT2D eigenvalue weighted by Gasteiger charge is -2.24. The Morgan fingerprint density at radius 2 is 2.14 bits per heavy atom. The fourth-order valence-electron chi connectivity index (χ4n) is 1.94. The van der Waals surface area contributed by atoms with Crippen LogP contribution in [0.2, 0.25) is 0 Å². The second-order valence-corrected chi connectivity index (χ2v) is 6.21. The van der Waals surface area contributed by atoms with Gasteiger partial charge in [0.1, 0.15) is 5.84 Å². The molecule has 1 aromatic rings. The number of rotatable bonds is 2. The quantitative estimate of drug-likeness (QED) is 0.672. The van der Waals surface area contributed by atoms with Crippen LogP contribution in [0.5, 0.6) is 0 Å². The molecule has 7 heteroatoms. The topological polar surface area (TPSA) is 68.9 Å². The summed E-state index contributed by atoms with van der Waals surface area (Å²) in [6.45, 7) is 2.02. The minimum absolute atomic E-state index is 0.138. The maximum atomic E-state index is 12.1. The monoisotopic (exact) mass is 316 g/mol. The molecule has 3 rings (SSSR count). The van der Waals surface area contributed by atoms with Gasteiger partial charge in [0.25, 0.3) is 5.91 Å². The summed E-state index contributed by atoms with van der Waals surface area (Å²) in [6, 6.07) is 9.47. The van der Waals surface area contributed by atoms with Crippen molar-refractivity contribution in [2.24, 2.45) is 9.39 Å². The van der Waals surface area contributed by atoms with Gasteiger partial charge in [-0.25, -0.2) is 4.90 Å². The van der Waals surface area contributed by atoms with Gasteiger partial charge in [0.05, 0.1) is 17.5 Å². The van der Waals surface area contributed by atoms with Gasteiger partial charge >= 0.3 is 0 Å². The standard InChI is InChI=1S/C14H12N4OS2/c1-2-20-14-17-21-13-16-12(19)10(11(15)18(13)14)8-9-6-4-3-5-7-9/h3-8,15H,2H2,1H3/b10-8-,15-11?. The normalized spacial score (nSPS) is 19.7. The van der Waals surface area contributed by atoms with Crippen molar-refractivity contribution in [3.05, 3.63) is 41.5 Å². The van der Waals surface area contributed by atoms with Crippen molar-refractivity contribution in [2.45, 2.75) is 6.92 Å². The van der Waals surface area contributed by atoms with Gasteiger partial charge in [0.2, 0.25) is 5.17 Å². The van der Waals surface area contributed by atoms with E-state index in [0.29, 0.717) is 10.3 Å². The summed E-state index contributed by atoms with van der Waals surface area (Å²) in [4.78, 5) is 17.8. The molecule has 0 spiro atoms. The van der Waals surface area contributed by atoms with Crippen LogP contribution in [0, 0.1) is 5.41 Å². The zero-order valence-electron chi connectivity index (χ0n) is 11.2. The predicted octanol–water partition coefficient (Wildman–Crippen LogP) is 3.02. The van der Waals surface area contributed by atoms with E-state index in [1.165, 1.54) is 11.8 Å². The van der Waals surface area contributed by atoms with Gasteiger partial charge in [-0.3, -0.25) is 10.2 Å². The first-order chi connectivity index (χ1) is 10.2. The van der Waals surface area contributed by atoms with Crippen LogP contribution in [-0.2, 0) is 4.79 Å². The average Bonchev–Trinajstić information content (AvgIpc) is 2.88. The van der Waals surface area contributed by atoms with Gasteiger partial charge in [-0.2, -0.15) is 9.39 Å². The van der Waals surface area contributed by atoms with E-state index in [1.807, 2.05) is 37.3 Å². The molecule has 2 aliphatic heterocycles. The summed E-state index contributed by atoms with van der Waals surface area (Å²) in [5, 5.41) is 9.48. The fraction of sp³-hybridized carbons (Fsp3) is 0.143. The molecule has 21 heavy (non-hydrogen) atoms. The van der Waals surface area contributed by atoms with Crippen molar-refractivity contribution < 1.29 is 4.79 Å². The maximum absolute atomic E-state index is 12.1. The van der Waals surface area contributed by atoms with E-state index in [9.17, 15) is 4.79 Å². The highest BCUT2D eigenvalue weighted by Gasteiger charge is 2.37. The number of carbonyl (C=O) groups excluding carboxylic acids is 1. The smallest absolute Gasteiger partial charge is 0.283 e. The van der Waals surface area contributed by atoms with Gasteiger partial charge < -0.3 is 0 Å².